The predicted octanol–water partition coefficient (Wildman–Crippen LogP) is -0.666. The van der Waals surface area contributed by atoms with Gasteiger partial charge < -0.3 is 10.8 Å². The standard InChI is InChI=1S/C7H7N5O2/c8-4-2-9-7-10-5(1-6(13)14)11-12(7)3-4/h2-3H,1,8H2,(H,13,14). The number of aromatic nitrogens is 4. The second-order valence-electron chi connectivity index (χ2n) is 2.73. The number of nitrogens with zero attached hydrogens (tertiary/aromatic N) is 4. The Labute approximate surface area is 78.2 Å². The molecule has 0 bridgehead atoms. The quantitative estimate of drug-likeness (QED) is 0.655. The van der Waals surface area contributed by atoms with E-state index in [1.54, 1.807) is 0 Å². The van der Waals surface area contributed by atoms with E-state index in [4.69, 9.17) is 10.8 Å². The Balaban J connectivity index is 2.46. The molecule has 0 spiro atoms. The second kappa shape index (κ2) is 2.95. The maximum Gasteiger partial charge on any atom is 0.311 e. The molecular formula is C7H7N5O2. The van der Waals surface area contributed by atoms with Gasteiger partial charge in [-0.3, -0.25) is 4.79 Å². The lowest BCUT2D eigenvalue weighted by atomic mass is 10.4. The average molecular weight is 193 g/mol. The molecule has 0 aliphatic carbocycles. The normalized spacial score (nSPS) is 10.6. The molecular weight excluding hydrogens is 186 g/mol. The number of nitrogen functional groups attached to an aromatic ring is 1. The first-order valence-electron chi connectivity index (χ1n) is 3.84. The summed E-state index contributed by atoms with van der Waals surface area (Å²) in [5.74, 6) is -0.417. The highest BCUT2D eigenvalue weighted by molar-refractivity contribution is 5.69. The summed E-state index contributed by atoms with van der Waals surface area (Å²) in [7, 11) is 0. The van der Waals surface area contributed by atoms with Crippen molar-refractivity contribution < 1.29 is 9.90 Å². The third-order valence-electron chi connectivity index (χ3n) is 1.57. The van der Waals surface area contributed by atoms with Crippen LogP contribution in [0.4, 0.5) is 5.69 Å². The van der Waals surface area contributed by atoms with Crippen molar-refractivity contribution in [2.24, 2.45) is 0 Å². The molecule has 0 unspecified atom stereocenters. The minimum absolute atomic E-state index is 0.218. The van der Waals surface area contributed by atoms with Gasteiger partial charge in [-0.05, 0) is 0 Å². The zero-order chi connectivity index (χ0) is 10.1. The molecule has 0 aromatic carbocycles. The summed E-state index contributed by atoms with van der Waals surface area (Å²) < 4.78 is 1.35. The van der Waals surface area contributed by atoms with Crippen LogP contribution in [0.1, 0.15) is 5.82 Å². The minimum Gasteiger partial charge on any atom is -0.481 e. The molecule has 2 heterocycles. The Morgan fingerprint density at radius 3 is 3.14 bits per heavy atom. The van der Waals surface area contributed by atoms with Crippen molar-refractivity contribution in [3.63, 3.8) is 0 Å². The van der Waals surface area contributed by atoms with E-state index in [2.05, 4.69) is 15.1 Å². The van der Waals surface area contributed by atoms with E-state index in [0.717, 1.165) is 0 Å². The monoisotopic (exact) mass is 193 g/mol. The zero-order valence-corrected chi connectivity index (χ0v) is 7.08. The molecule has 0 saturated carbocycles. The van der Waals surface area contributed by atoms with Gasteiger partial charge in [-0.15, -0.1) is 5.10 Å². The molecule has 0 fully saturated rings. The highest BCUT2D eigenvalue weighted by Crippen LogP contribution is 2.02. The average Bonchev–Trinajstić information content (AvgIpc) is 2.44. The van der Waals surface area contributed by atoms with E-state index in [0.29, 0.717) is 11.5 Å². The number of anilines is 1. The van der Waals surface area contributed by atoms with Crippen LogP contribution >= 0.6 is 0 Å². The number of carboxylic acids is 1. The molecule has 72 valence electrons. The summed E-state index contributed by atoms with van der Waals surface area (Å²) in [6.45, 7) is 0. The fourth-order valence-corrected chi connectivity index (χ4v) is 1.05. The fraction of sp³-hybridized carbons (Fsp3) is 0.143. The van der Waals surface area contributed by atoms with E-state index in [-0.39, 0.29) is 12.2 Å². The van der Waals surface area contributed by atoms with Gasteiger partial charge in [0.1, 0.15) is 6.42 Å². The van der Waals surface area contributed by atoms with Gasteiger partial charge >= 0.3 is 5.97 Å². The second-order valence-corrected chi connectivity index (χ2v) is 2.73. The van der Waals surface area contributed by atoms with Crippen LogP contribution < -0.4 is 5.73 Å². The molecule has 7 heteroatoms. The summed E-state index contributed by atoms with van der Waals surface area (Å²) in [5.41, 5.74) is 5.92. The Morgan fingerprint density at radius 2 is 2.43 bits per heavy atom. The van der Waals surface area contributed by atoms with E-state index < -0.39 is 5.97 Å². The molecule has 0 atom stereocenters. The SMILES string of the molecule is Nc1cnc2nc(CC(=O)O)nn2c1. The van der Waals surface area contributed by atoms with Crippen molar-refractivity contribution in [2.75, 3.05) is 5.73 Å². The molecule has 0 aliphatic heterocycles. The summed E-state index contributed by atoms with van der Waals surface area (Å²) in [6.07, 6.45) is 2.75. The first-order valence-corrected chi connectivity index (χ1v) is 3.84. The molecule has 7 nitrogen and oxygen atoms in total. The molecule has 2 aromatic heterocycles. The number of carbonyl (C=O) groups is 1. The Kier molecular flexibility index (Phi) is 1.77. The lowest BCUT2D eigenvalue weighted by molar-refractivity contribution is -0.136. The van der Waals surface area contributed by atoms with Gasteiger partial charge in [-0.1, -0.05) is 0 Å². The summed E-state index contributed by atoms with van der Waals surface area (Å²) in [5, 5.41) is 12.4. The lowest BCUT2D eigenvalue weighted by Gasteiger charge is -1.90. The maximum atomic E-state index is 10.4. The van der Waals surface area contributed by atoms with Gasteiger partial charge in [0.05, 0.1) is 18.1 Å². The van der Waals surface area contributed by atoms with Gasteiger partial charge in [0.25, 0.3) is 5.78 Å². The van der Waals surface area contributed by atoms with Crippen LogP contribution in [-0.4, -0.2) is 30.7 Å². The van der Waals surface area contributed by atoms with E-state index in [1.165, 1.54) is 16.9 Å². The van der Waals surface area contributed by atoms with Crippen molar-refractivity contribution in [3.05, 3.63) is 18.2 Å². The molecule has 2 aromatic rings. The van der Waals surface area contributed by atoms with E-state index in [9.17, 15) is 4.79 Å². The minimum atomic E-state index is -0.978. The lowest BCUT2D eigenvalue weighted by Crippen LogP contribution is -2.02. The number of hydrogen-bond acceptors (Lipinski definition) is 5. The van der Waals surface area contributed by atoms with Crippen LogP contribution in [-0.2, 0) is 11.2 Å². The third-order valence-corrected chi connectivity index (χ3v) is 1.57. The van der Waals surface area contributed by atoms with Crippen molar-refractivity contribution in [2.45, 2.75) is 6.42 Å². The topological polar surface area (TPSA) is 106 Å². The molecule has 0 radical (unpaired) electrons. The van der Waals surface area contributed by atoms with Crippen molar-refractivity contribution in [3.8, 4) is 0 Å². The van der Waals surface area contributed by atoms with Crippen LogP contribution in [0.2, 0.25) is 0 Å². The zero-order valence-electron chi connectivity index (χ0n) is 7.08. The van der Waals surface area contributed by atoms with Gasteiger partial charge in [-0.2, -0.15) is 4.98 Å². The molecule has 3 N–H and O–H groups in total. The van der Waals surface area contributed by atoms with Crippen LogP contribution in [0.3, 0.4) is 0 Å². The largest absolute Gasteiger partial charge is 0.481 e. The Morgan fingerprint density at radius 1 is 1.64 bits per heavy atom. The van der Waals surface area contributed by atoms with Crippen LogP contribution in [0.5, 0.6) is 0 Å². The van der Waals surface area contributed by atoms with Crippen LogP contribution in [0.25, 0.3) is 5.78 Å². The maximum absolute atomic E-state index is 10.4. The Bertz CT molecular complexity index is 492. The summed E-state index contributed by atoms with van der Waals surface area (Å²) >= 11 is 0. The highest BCUT2D eigenvalue weighted by Gasteiger charge is 2.08. The number of nitrogens with two attached hydrogens (primary N) is 1. The fourth-order valence-electron chi connectivity index (χ4n) is 1.05. The molecule has 0 aliphatic rings. The predicted molar refractivity (Wildman–Crippen MR) is 46.5 cm³/mol. The first-order chi connectivity index (χ1) is 6.65. The van der Waals surface area contributed by atoms with Crippen molar-refractivity contribution >= 4 is 17.4 Å². The van der Waals surface area contributed by atoms with E-state index >= 15 is 0 Å². The number of rotatable bonds is 2. The van der Waals surface area contributed by atoms with Gasteiger partial charge in [0.2, 0.25) is 0 Å². The van der Waals surface area contributed by atoms with Crippen molar-refractivity contribution in [1.29, 1.82) is 0 Å². The number of fused-ring (bicyclic) bond motifs is 1. The molecule has 14 heavy (non-hydrogen) atoms. The van der Waals surface area contributed by atoms with Crippen LogP contribution in [0.15, 0.2) is 12.4 Å². The Hall–Kier alpha value is -2.18. The highest BCUT2D eigenvalue weighted by atomic mass is 16.4. The smallest absolute Gasteiger partial charge is 0.311 e. The van der Waals surface area contributed by atoms with Gasteiger partial charge in [-0.25, -0.2) is 9.50 Å². The van der Waals surface area contributed by atoms with Crippen molar-refractivity contribution in [1.82, 2.24) is 19.6 Å². The van der Waals surface area contributed by atoms with Crippen LogP contribution in [0, 0.1) is 0 Å². The van der Waals surface area contributed by atoms with Gasteiger partial charge in [0, 0.05) is 0 Å². The molecule has 2 rings (SSSR count). The number of carboxylic acid groups (broad SMARTS) is 1. The first kappa shape index (κ1) is 8.42. The summed E-state index contributed by atoms with van der Waals surface area (Å²) in [4.78, 5) is 18.2. The van der Waals surface area contributed by atoms with E-state index in [1.807, 2.05) is 0 Å². The van der Waals surface area contributed by atoms with Gasteiger partial charge in [0.15, 0.2) is 5.82 Å². The number of aliphatic carboxylic acids is 1. The summed E-state index contributed by atoms with van der Waals surface area (Å²) in [6, 6.07) is 0. The molecule has 0 amide bonds. The molecule has 0 saturated heterocycles. The third kappa shape index (κ3) is 1.47. The number of hydrogen-bond donors (Lipinski definition) is 2.